The third-order valence-electron chi connectivity index (χ3n) is 2.35. The summed E-state index contributed by atoms with van der Waals surface area (Å²) < 4.78 is 21.5. The Balaban J connectivity index is 2.41. The van der Waals surface area contributed by atoms with Gasteiger partial charge in [-0.1, -0.05) is 0 Å². The van der Waals surface area contributed by atoms with Gasteiger partial charge in [0.1, 0.15) is 15.3 Å². The molecule has 1 rings (SSSR count). The van der Waals surface area contributed by atoms with Gasteiger partial charge in [-0.3, -0.25) is 9.59 Å². The molecule has 1 saturated carbocycles. The molecule has 86 valence electrons. The van der Waals surface area contributed by atoms with Crippen molar-refractivity contribution in [3.05, 3.63) is 0 Å². The number of carboxylic acids is 1. The summed E-state index contributed by atoms with van der Waals surface area (Å²) in [6, 6.07) is 0. The molecule has 1 aliphatic rings. The molecule has 0 atom stereocenters. The van der Waals surface area contributed by atoms with Crippen LogP contribution in [-0.2, 0) is 19.4 Å². The maximum absolute atomic E-state index is 11.4. The zero-order chi connectivity index (χ0) is 11.7. The van der Waals surface area contributed by atoms with Crippen molar-refractivity contribution >= 4 is 21.7 Å². The number of amides is 1. The summed E-state index contributed by atoms with van der Waals surface area (Å²) >= 11 is 0. The first kappa shape index (κ1) is 12.0. The van der Waals surface area contributed by atoms with Gasteiger partial charge in [0.2, 0.25) is 5.91 Å². The van der Waals surface area contributed by atoms with Crippen molar-refractivity contribution < 1.29 is 23.1 Å². The lowest BCUT2D eigenvalue weighted by Crippen LogP contribution is -2.39. The Morgan fingerprint density at radius 3 is 2.27 bits per heavy atom. The Labute approximate surface area is 87.6 Å². The molecule has 1 amide bonds. The highest BCUT2D eigenvalue weighted by molar-refractivity contribution is 7.90. The summed E-state index contributed by atoms with van der Waals surface area (Å²) in [5.74, 6) is -1.90. The molecule has 0 aromatic heterocycles. The number of nitrogens with one attached hydrogen (secondary N) is 1. The van der Waals surface area contributed by atoms with Gasteiger partial charge < -0.3 is 10.4 Å². The van der Waals surface area contributed by atoms with Crippen LogP contribution in [0.25, 0.3) is 0 Å². The van der Waals surface area contributed by atoms with E-state index in [9.17, 15) is 18.0 Å². The van der Waals surface area contributed by atoms with Gasteiger partial charge in [0, 0.05) is 12.8 Å². The van der Waals surface area contributed by atoms with E-state index in [1.54, 1.807) is 0 Å². The SMILES string of the molecule is CS(=O)(=O)CCNC(=O)C1(C(=O)O)CC1. The molecule has 7 heteroatoms. The topological polar surface area (TPSA) is 101 Å². The Bertz CT molecular complexity index is 382. The first-order chi connectivity index (χ1) is 6.78. The van der Waals surface area contributed by atoms with Crippen LogP contribution in [0.4, 0.5) is 0 Å². The maximum atomic E-state index is 11.4. The van der Waals surface area contributed by atoms with Crippen LogP contribution in [0.2, 0.25) is 0 Å². The first-order valence-corrected chi connectivity index (χ1v) is 6.53. The second-order valence-corrected chi connectivity index (χ2v) is 6.03. The van der Waals surface area contributed by atoms with Crippen molar-refractivity contribution in [3.8, 4) is 0 Å². The van der Waals surface area contributed by atoms with Crippen LogP contribution in [0, 0.1) is 5.41 Å². The second kappa shape index (κ2) is 3.80. The monoisotopic (exact) mass is 235 g/mol. The van der Waals surface area contributed by atoms with E-state index < -0.39 is 27.1 Å². The fourth-order valence-corrected chi connectivity index (χ4v) is 1.66. The predicted molar refractivity (Wildman–Crippen MR) is 52.0 cm³/mol. The van der Waals surface area contributed by atoms with E-state index in [2.05, 4.69) is 5.32 Å². The van der Waals surface area contributed by atoms with E-state index in [0.29, 0.717) is 12.8 Å². The molecule has 0 heterocycles. The van der Waals surface area contributed by atoms with Crippen LogP contribution >= 0.6 is 0 Å². The standard InChI is InChI=1S/C8H13NO5S/c1-15(13,14)5-4-9-6(10)8(2-3-8)7(11)12/h2-5H2,1H3,(H,9,10)(H,11,12). The lowest BCUT2D eigenvalue weighted by molar-refractivity contribution is -0.148. The van der Waals surface area contributed by atoms with Crippen LogP contribution in [0.1, 0.15) is 12.8 Å². The molecule has 0 aliphatic heterocycles. The van der Waals surface area contributed by atoms with E-state index >= 15 is 0 Å². The third kappa shape index (κ3) is 2.92. The summed E-state index contributed by atoms with van der Waals surface area (Å²) in [4.78, 5) is 22.1. The van der Waals surface area contributed by atoms with Crippen LogP contribution in [0.15, 0.2) is 0 Å². The molecule has 0 bridgehead atoms. The molecule has 0 saturated heterocycles. The van der Waals surface area contributed by atoms with Crippen molar-refractivity contribution in [1.82, 2.24) is 5.32 Å². The van der Waals surface area contributed by atoms with Gasteiger partial charge in [0.25, 0.3) is 0 Å². The number of rotatable bonds is 5. The molecule has 1 aliphatic carbocycles. The Morgan fingerprint density at radius 2 is 1.93 bits per heavy atom. The number of hydrogen-bond acceptors (Lipinski definition) is 4. The van der Waals surface area contributed by atoms with E-state index in [-0.39, 0.29) is 12.3 Å². The largest absolute Gasteiger partial charge is 0.480 e. The first-order valence-electron chi connectivity index (χ1n) is 4.47. The van der Waals surface area contributed by atoms with E-state index in [1.807, 2.05) is 0 Å². The Kier molecular flexibility index (Phi) is 3.03. The fourth-order valence-electron chi connectivity index (χ4n) is 1.18. The van der Waals surface area contributed by atoms with Crippen molar-refractivity contribution in [2.45, 2.75) is 12.8 Å². The fraction of sp³-hybridized carbons (Fsp3) is 0.750. The van der Waals surface area contributed by atoms with Crippen molar-refractivity contribution in [2.75, 3.05) is 18.6 Å². The number of carboxylic acid groups (broad SMARTS) is 1. The summed E-state index contributed by atoms with van der Waals surface area (Å²) in [5.41, 5.74) is -1.29. The van der Waals surface area contributed by atoms with Crippen LogP contribution in [-0.4, -0.2) is 44.0 Å². The molecule has 1 fully saturated rings. The summed E-state index contributed by atoms with van der Waals surface area (Å²) in [6.07, 6.45) is 1.71. The van der Waals surface area contributed by atoms with Gasteiger partial charge in [0.05, 0.1) is 5.75 Å². The highest BCUT2D eigenvalue weighted by atomic mass is 32.2. The highest BCUT2D eigenvalue weighted by Gasteiger charge is 2.56. The average Bonchev–Trinajstić information content (AvgIpc) is 2.80. The van der Waals surface area contributed by atoms with Crippen LogP contribution in [0.3, 0.4) is 0 Å². The molecule has 0 spiro atoms. The second-order valence-electron chi connectivity index (χ2n) is 3.77. The third-order valence-corrected chi connectivity index (χ3v) is 3.30. The van der Waals surface area contributed by atoms with E-state index in [0.717, 1.165) is 6.26 Å². The molecule has 0 radical (unpaired) electrons. The van der Waals surface area contributed by atoms with Crippen molar-refractivity contribution in [2.24, 2.45) is 5.41 Å². The quantitative estimate of drug-likeness (QED) is 0.596. The summed E-state index contributed by atoms with van der Waals surface area (Å²) in [5, 5.41) is 11.1. The van der Waals surface area contributed by atoms with Crippen molar-refractivity contribution in [3.63, 3.8) is 0 Å². The average molecular weight is 235 g/mol. The van der Waals surface area contributed by atoms with Gasteiger partial charge >= 0.3 is 5.97 Å². The molecule has 0 aromatic rings. The van der Waals surface area contributed by atoms with Gasteiger partial charge in [-0.15, -0.1) is 0 Å². The van der Waals surface area contributed by atoms with E-state index in [4.69, 9.17) is 5.11 Å². The smallest absolute Gasteiger partial charge is 0.319 e. The minimum atomic E-state index is -3.13. The Hall–Kier alpha value is -1.11. The highest BCUT2D eigenvalue weighted by Crippen LogP contribution is 2.45. The van der Waals surface area contributed by atoms with Gasteiger partial charge in [-0.2, -0.15) is 0 Å². The molecule has 2 N–H and O–H groups in total. The van der Waals surface area contributed by atoms with Crippen molar-refractivity contribution in [1.29, 1.82) is 0 Å². The lowest BCUT2D eigenvalue weighted by Gasteiger charge is -2.09. The zero-order valence-corrected chi connectivity index (χ0v) is 9.13. The lowest BCUT2D eigenvalue weighted by atomic mass is 10.1. The van der Waals surface area contributed by atoms with Gasteiger partial charge in [-0.25, -0.2) is 8.42 Å². The Morgan fingerprint density at radius 1 is 1.40 bits per heavy atom. The predicted octanol–water partition coefficient (Wildman–Crippen LogP) is -0.988. The minimum Gasteiger partial charge on any atom is -0.480 e. The number of aliphatic carboxylic acids is 1. The molecular weight excluding hydrogens is 222 g/mol. The zero-order valence-electron chi connectivity index (χ0n) is 8.32. The molecule has 0 aromatic carbocycles. The number of hydrogen-bond donors (Lipinski definition) is 2. The number of carbonyl (C=O) groups is 2. The van der Waals surface area contributed by atoms with Crippen LogP contribution < -0.4 is 5.32 Å². The van der Waals surface area contributed by atoms with Gasteiger partial charge in [-0.05, 0) is 12.8 Å². The number of carbonyl (C=O) groups excluding carboxylic acids is 1. The van der Waals surface area contributed by atoms with E-state index in [1.165, 1.54) is 0 Å². The van der Waals surface area contributed by atoms with Crippen LogP contribution in [0.5, 0.6) is 0 Å². The normalized spacial score (nSPS) is 18.2. The molecule has 0 unspecified atom stereocenters. The molecule has 15 heavy (non-hydrogen) atoms. The van der Waals surface area contributed by atoms with Gasteiger partial charge in [0.15, 0.2) is 0 Å². The minimum absolute atomic E-state index is 0.0350. The molecular formula is C8H13NO5S. The molecule has 6 nitrogen and oxygen atoms in total. The summed E-state index contributed by atoms with van der Waals surface area (Å²) in [6.45, 7) is -0.0350. The summed E-state index contributed by atoms with van der Waals surface area (Å²) in [7, 11) is -3.13. The maximum Gasteiger partial charge on any atom is 0.319 e. The number of sulfone groups is 1.